The molecule has 25 heavy (non-hydrogen) atoms. The first-order valence-electron chi connectivity index (χ1n) is 8.65. The number of amides is 1. The molecular weight excluding hydrogens is 345 g/mol. The maximum atomic E-state index is 13.3. The van der Waals surface area contributed by atoms with E-state index < -0.39 is 11.4 Å². The van der Waals surface area contributed by atoms with Crippen LogP contribution < -0.4 is 0 Å². The predicted molar refractivity (Wildman–Crippen MR) is 95.6 cm³/mol. The molecule has 1 fully saturated rings. The quantitative estimate of drug-likeness (QED) is 0.685. The highest BCUT2D eigenvalue weighted by Crippen LogP contribution is 2.24. The number of hydrogen-bond donors (Lipinski definition) is 0. The number of ether oxygens (including phenoxy) is 1. The van der Waals surface area contributed by atoms with Gasteiger partial charge in [-0.05, 0) is 51.8 Å². The van der Waals surface area contributed by atoms with E-state index in [1.54, 1.807) is 4.90 Å². The molecule has 1 aromatic rings. The van der Waals surface area contributed by atoms with Gasteiger partial charge < -0.3 is 9.64 Å². The lowest BCUT2D eigenvalue weighted by atomic mass is 9.99. The molecule has 0 radical (unpaired) electrons. The predicted octanol–water partition coefficient (Wildman–Crippen LogP) is 5.23. The first kappa shape index (κ1) is 19.7. The average molecular weight is 370 g/mol. The molecule has 1 aliphatic rings. The van der Waals surface area contributed by atoms with Crippen LogP contribution in [-0.4, -0.2) is 35.0 Å². The average Bonchev–Trinajstić information content (AvgIpc) is 2.73. The van der Waals surface area contributed by atoms with E-state index in [9.17, 15) is 14.0 Å². The van der Waals surface area contributed by atoms with Crippen LogP contribution in [0.15, 0.2) is 18.2 Å². The molecule has 0 saturated carbocycles. The number of hydrogen-bond acceptors (Lipinski definition) is 3. The molecule has 0 bridgehead atoms. The summed E-state index contributed by atoms with van der Waals surface area (Å²) in [5.41, 5.74) is -0.220. The molecule has 6 heteroatoms. The van der Waals surface area contributed by atoms with E-state index in [1.165, 1.54) is 18.2 Å². The van der Waals surface area contributed by atoms with Crippen molar-refractivity contribution in [2.45, 2.75) is 64.5 Å². The molecule has 0 N–H and O–H groups in total. The summed E-state index contributed by atoms with van der Waals surface area (Å²) in [5.74, 6) is -0.703. The number of likely N-dealkylation sites (tertiary alicyclic amines) is 1. The van der Waals surface area contributed by atoms with Gasteiger partial charge >= 0.3 is 6.09 Å². The van der Waals surface area contributed by atoms with Crippen LogP contribution in [-0.2, 0) is 4.74 Å². The summed E-state index contributed by atoms with van der Waals surface area (Å²) in [5, 5.41) is -0.0734. The largest absolute Gasteiger partial charge is 0.444 e. The molecule has 138 valence electrons. The van der Waals surface area contributed by atoms with Crippen molar-refractivity contribution in [1.29, 1.82) is 0 Å². The van der Waals surface area contributed by atoms with Crippen molar-refractivity contribution in [2.75, 3.05) is 6.54 Å². The Morgan fingerprint density at radius 2 is 2.00 bits per heavy atom. The van der Waals surface area contributed by atoms with Gasteiger partial charge in [-0.25, -0.2) is 9.18 Å². The van der Waals surface area contributed by atoms with Crippen molar-refractivity contribution in [3.8, 4) is 0 Å². The summed E-state index contributed by atoms with van der Waals surface area (Å²) in [4.78, 5) is 26.8. The molecule has 0 spiro atoms. The van der Waals surface area contributed by atoms with Crippen molar-refractivity contribution >= 4 is 23.5 Å². The van der Waals surface area contributed by atoms with Crippen molar-refractivity contribution in [3.05, 3.63) is 34.6 Å². The number of rotatable bonds is 3. The maximum Gasteiger partial charge on any atom is 0.410 e. The Morgan fingerprint density at radius 3 is 2.64 bits per heavy atom. The standard InChI is InChI=1S/C19H25ClFNO3/c1-19(2,3)25-18(24)22-10-6-4-5-7-14(22)12-17(23)13-8-9-16(21)15(20)11-13/h8-9,11,14H,4-7,10,12H2,1-3H3. The van der Waals surface area contributed by atoms with Gasteiger partial charge in [0.25, 0.3) is 0 Å². The molecule has 1 atom stereocenters. The lowest BCUT2D eigenvalue weighted by Crippen LogP contribution is -2.44. The van der Waals surface area contributed by atoms with Crippen LogP contribution in [0, 0.1) is 5.82 Å². The second kappa shape index (κ2) is 8.17. The van der Waals surface area contributed by atoms with Crippen LogP contribution in [0.4, 0.5) is 9.18 Å². The second-order valence-corrected chi connectivity index (χ2v) is 7.84. The molecule has 4 nitrogen and oxygen atoms in total. The van der Waals surface area contributed by atoms with Crippen molar-refractivity contribution < 1.29 is 18.7 Å². The number of carbonyl (C=O) groups is 2. The zero-order valence-electron chi connectivity index (χ0n) is 15.0. The zero-order chi connectivity index (χ0) is 18.6. The number of carbonyl (C=O) groups excluding carboxylic acids is 2. The second-order valence-electron chi connectivity index (χ2n) is 7.43. The van der Waals surface area contributed by atoms with Gasteiger partial charge in [-0.2, -0.15) is 0 Å². The normalized spacial score (nSPS) is 18.6. The van der Waals surface area contributed by atoms with E-state index >= 15 is 0 Å². The van der Waals surface area contributed by atoms with Crippen LogP contribution in [0.3, 0.4) is 0 Å². The highest BCUT2D eigenvalue weighted by atomic mass is 35.5. The van der Waals surface area contributed by atoms with Gasteiger partial charge in [-0.3, -0.25) is 4.79 Å². The van der Waals surface area contributed by atoms with E-state index in [-0.39, 0.29) is 29.4 Å². The van der Waals surface area contributed by atoms with Crippen LogP contribution in [0.2, 0.25) is 5.02 Å². The number of halogens is 2. The first-order valence-corrected chi connectivity index (χ1v) is 9.03. The van der Waals surface area contributed by atoms with Crippen LogP contribution in [0.25, 0.3) is 0 Å². The highest BCUT2D eigenvalue weighted by Gasteiger charge is 2.31. The van der Waals surface area contributed by atoms with Gasteiger partial charge in [0.15, 0.2) is 5.78 Å². The summed E-state index contributed by atoms with van der Waals surface area (Å²) in [6, 6.07) is 3.74. The molecule has 1 aromatic carbocycles. The minimum Gasteiger partial charge on any atom is -0.444 e. The number of Topliss-reactive ketones (excluding diaryl/α,β-unsaturated/α-hetero) is 1. The Balaban J connectivity index is 2.13. The fourth-order valence-corrected chi connectivity index (χ4v) is 3.13. The van der Waals surface area contributed by atoms with E-state index in [0.717, 1.165) is 25.7 Å². The van der Waals surface area contributed by atoms with Gasteiger partial charge in [0.1, 0.15) is 11.4 Å². The van der Waals surface area contributed by atoms with E-state index in [1.807, 2.05) is 20.8 Å². The molecule has 1 unspecified atom stereocenters. The monoisotopic (exact) mass is 369 g/mol. The van der Waals surface area contributed by atoms with Gasteiger partial charge in [0, 0.05) is 24.6 Å². The summed E-state index contributed by atoms with van der Waals surface area (Å²) >= 11 is 5.77. The van der Waals surface area contributed by atoms with Crippen molar-refractivity contribution in [1.82, 2.24) is 4.90 Å². The summed E-state index contributed by atoms with van der Waals surface area (Å²) in [7, 11) is 0. The minimum absolute atomic E-state index is 0.0734. The lowest BCUT2D eigenvalue weighted by Gasteiger charge is -2.32. The Labute approximate surface area is 153 Å². The summed E-state index contributed by atoms with van der Waals surface area (Å²) in [6.45, 7) is 6.05. The van der Waals surface area contributed by atoms with Crippen LogP contribution in [0.1, 0.15) is 63.2 Å². The van der Waals surface area contributed by atoms with Crippen molar-refractivity contribution in [2.24, 2.45) is 0 Å². The van der Waals surface area contributed by atoms with Crippen LogP contribution in [0.5, 0.6) is 0 Å². The fraction of sp³-hybridized carbons (Fsp3) is 0.579. The molecule has 1 heterocycles. The van der Waals surface area contributed by atoms with Crippen LogP contribution >= 0.6 is 11.6 Å². The van der Waals surface area contributed by atoms with Gasteiger partial charge in [-0.15, -0.1) is 0 Å². The number of ketones is 1. The molecular formula is C19H25ClFNO3. The Kier molecular flexibility index (Phi) is 6.44. The summed E-state index contributed by atoms with van der Waals surface area (Å²) < 4.78 is 18.8. The van der Waals surface area contributed by atoms with Gasteiger partial charge in [-0.1, -0.05) is 24.4 Å². The Morgan fingerprint density at radius 1 is 1.28 bits per heavy atom. The van der Waals surface area contributed by atoms with E-state index in [0.29, 0.717) is 12.1 Å². The first-order chi connectivity index (χ1) is 11.7. The van der Waals surface area contributed by atoms with Gasteiger partial charge in [0.05, 0.1) is 5.02 Å². The molecule has 2 rings (SSSR count). The Hall–Kier alpha value is -1.62. The topological polar surface area (TPSA) is 46.6 Å². The van der Waals surface area contributed by atoms with E-state index in [2.05, 4.69) is 0 Å². The number of benzene rings is 1. The zero-order valence-corrected chi connectivity index (χ0v) is 15.7. The van der Waals surface area contributed by atoms with Crippen molar-refractivity contribution in [3.63, 3.8) is 0 Å². The lowest BCUT2D eigenvalue weighted by molar-refractivity contribution is 0.0162. The smallest absolute Gasteiger partial charge is 0.410 e. The SMILES string of the molecule is CC(C)(C)OC(=O)N1CCCCCC1CC(=O)c1ccc(F)c(Cl)c1. The molecule has 1 saturated heterocycles. The summed E-state index contributed by atoms with van der Waals surface area (Å²) in [6.07, 6.45) is 3.42. The number of nitrogens with zero attached hydrogens (tertiary/aromatic N) is 1. The third-order valence-corrected chi connectivity index (χ3v) is 4.46. The van der Waals surface area contributed by atoms with E-state index in [4.69, 9.17) is 16.3 Å². The fourth-order valence-electron chi connectivity index (χ4n) is 2.95. The van der Waals surface area contributed by atoms with Gasteiger partial charge in [0.2, 0.25) is 0 Å². The highest BCUT2D eigenvalue weighted by molar-refractivity contribution is 6.31. The third-order valence-electron chi connectivity index (χ3n) is 4.17. The molecule has 1 amide bonds. The Bertz CT molecular complexity index is 642. The molecule has 1 aliphatic heterocycles. The molecule has 0 aliphatic carbocycles. The maximum absolute atomic E-state index is 13.3. The third kappa shape index (κ3) is 5.70. The molecule has 0 aromatic heterocycles. The minimum atomic E-state index is -0.581.